The number of amides is 1. The fourth-order valence-electron chi connectivity index (χ4n) is 2.30. The lowest BCUT2D eigenvalue weighted by atomic mass is 10.1. The average Bonchev–Trinajstić information content (AvgIpc) is 3.06. The van der Waals surface area contributed by atoms with Crippen LogP contribution in [0, 0.1) is 0 Å². The molecule has 5 heteroatoms. The van der Waals surface area contributed by atoms with E-state index in [0.717, 1.165) is 22.6 Å². The molecule has 23 heavy (non-hydrogen) atoms. The lowest BCUT2D eigenvalue weighted by Crippen LogP contribution is -2.13. The SMILES string of the molecule is CCOC(=O)Nc1ccccc1-c1cnc(-c2ccccc2)[nH]1. The summed E-state index contributed by atoms with van der Waals surface area (Å²) < 4.78 is 4.94. The van der Waals surface area contributed by atoms with Crippen LogP contribution in [0.4, 0.5) is 10.5 Å². The molecule has 0 saturated carbocycles. The van der Waals surface area contributed by atoms with Crippen molar-refractivity contribution < 1.29 is 9.53 Å². The van der Waals surface area contributed by atoms with Crippen LogP contribution >= 0.6 is 0 Å². The number of para-hydroxylation sites is 1. The lowest BCUT2D eigenvalue weighted by Gasteiger charge is -2.09. The van der Waals surface area contributed by atoms with Crippen LogP contribution in [-0.4, -0.2) is 22.7 Å². The Labute approximate surface area is 134 Å². The number of benzene rings is 2. The number of aromatic nitrogens is 2. The summed E-state index contributed by atoms with van der Waals surface area (Å²) in [5.74, 6) is 0.784. The highest BCUT2D eigenvalue weighted by Gasteiger charge is 2.11. The van der Waals surface area contributed by atoms with E-state index in [4.69, 9.17) is 4.74 Å². The topological polar surface area (TPSA) is 67.0 Å². The molecular weight excluding hydrogens is 290 g/mol. The monoisotopic (exact) mass is 307 g/mol. The second-order valence-electron chi connectivity index (χ2n) is 4.90. The number of carbonyl (C=O) groups excluding carboxylic acids is 1. The van der Waals surface area contributed by atoms with E-state index in [1.807, 2.05) is 54.6 Å². The van der Waals surface area contributed by atoms with Gasteiger partial charge in [-0.3, -0.25) is 5.32 Å². The van der Waals surface area contributed by atoms with Crippen molar-refractivity contribution in [3.05, 3.63) is 60.8 Å². The summed E-state index contributed by atoms with van der Waals surface area (Å²) in [6, 6.07) is 17.4. The molecular formula is C18H17N3O2. The van der Waals surface area contributed by atoms with Gasteiger partial charge in [-0.15, -0.1) is 0 Å². The van der Waals surface area contributed by atoms with E-state index in [1.54, 1.807) is 13.1 Å². The highest BCUT2D eigenvalue weighted by atomic mass is 16.5. The maximum Gasteiger partial charge on any atom is 0.411 e. The number of hydrogen-bond donors (Lipinski definition) is 2. The Kier molecular flexibility index (Phi) is 4.38. The van der Waals surface area contributed by atoms with E-state index in [0.29, 0.717) is 12.3 Å². The van der Waals surface area contributed by atoms with Gasteiger partial charge in [0.15, 0.2) is 0 Å². The zero-order chi connectivity index (χ0) is 16.1. The first-order chi connectivity index (χ1) is 11.3. The lowest BCUT2D eigenvalue weighted by molar-refractivity contribution is 0.168. The summed E-state index contributed by atoms with van der Waals surface area (Å²) >= 11 is 0. The van der Waals surface area contributed by atoms with Gasteiger partial charge < -0.3 is 9.72 Å². The van der Waals surface area contributed by atoms with E-state index < -0.39 is 6.09 Å². The summed E-state index contributed by atoms with van der Waals surface area (Å²) in [6.07, 6.45) is 1.29. The van der Waals surface area contributed by atoms with Crippen molar-refractivity contribution in [3.63, 3.8) is 0 Å². The second kappa shape index (κ2) is 6.79. The van der Waals surface area contributed by atoms with Gasteiger partial charge >= 0.3 is 6.09 Å². The second-order valence-corrected chi connectivity index (χ2v) is 4.90. The molecule has 0 saturated heterocycles. The Morgan fingerprint density at radius 1 is 1.13 bits per heavy atom. The van der Waals surface area contributed by atoms with Crippen LogP contribution in [-0.2, 0) is 4.74 Å². The summed E-state index contributed by atoms with van der Waals surface area (Å²) in [4.78, 5) is 19.4. The van der Waals surface area contributed by atoms with Crippen LogP contribution in [0.5, 0.6) is 0 Å². The van der Waals surface area contributed by atoms with E-state index >= 15 is 0 Å². The standard InChI is InChI=1S/C18H17N3O2/c1-2-23-18(22)21-15-11-7-6-10-14(15)16-12-19-17(20-16)13-8-4-3-5-9-13/h3-12H,2H2,1H3,(H,19,20)(H,21,22). The molecule has 2 aromatic carbocycles. The van der Waals surface area contributed by atoms with Gasteiger partial charge in [0.2, 0.25) is 0 Å². The molecule has 0 fully saturated rings. The number of carbonyl (C=O) groups is 1. The molecule has 116 valence electrons. The number of rotatable bonds is 4. The molecule has 0 unspecified atom stereocenters. The Bertz CT molecular complexity index is 797. The zero-order valence-electron chi connectivity index (χ0n) is 12.7. The van der Waals surface area contributed by atoms with Crippen LogP contribution in [0.1, 0.15) is 6.92 Å². The third-order valence-electron chi connectivity index (χ3n) is 3.35. The fourth-order valence-corrected chi connectivity index (χ4v) is 2.30. The Morgan fingerprint density at radius 3 is 2.65 bits per heavy atom. The van der Waals surface area contributed by atoms with Crippen molar-refractivity contribution in [2.24, 2.45) is 0 Å². The van der Waals surface area contributed by atoms with Gasteiger partial charge in [0.25, 0.3) is 0 Å². The van der Waals surface area contributed by atoms with Crippen LogP contribution in [0.25, 0.3) is 22.6 Å². The Hall–Kier alpha value is -3.08. The third-order valence-corrected chi connectivity index (χ3v) is 3.35. The highest BCUT2D eigenvalue weighted by Crippen LogP contribution is 2.28. The van der Waals surface area contributed by atoms with Crippen molar-refractivity contribution in [1.82, 2.24) is 9.97 Å². The van der Waals surface area contributed by atoms with Gasteiger partial charge in [-0.1, -0.05) is 48.5 Å². The fraction of sp³-hybridized carbons (Fsp3) is 0.111. The molecule has 0 aliphatic heterocycles. The summed E-state index contributed by atoms with van der Waals surface area (Å²) in [7, 11) is 0. The highest BCUT2D eigenvalue weighted by molar-refractivity contribution is 5.90. The predicted molar refractivity (Wildman–Crippen MR) is 90.1 cm³/mol. The average molecular weight is 307 g/mol. The van der Waals surface area contributed by atoms with Crippen molar-refractivity contribution in [2.75, 3.05) is 11.9 Å². The molecule has 1 heterocycles. The Morgan fingerprint density at radius 2 is 1.87 bits per heavy atom. The maximum atomic E-state index is 11.7. The minimum atomic E-state index is -0.470. The van der Waals surface area contributed by atoms with Gasteiger partial charge in [-0.25, -0.2) is 9.78 Å². The quantitative estimate of drug-likeness (QED) is 0.754. The summed E-state index contributed by atoms with van der Waals surface area (Å²) in [5.41, 5.74) is 3.37. The van der Waals surface area contributed by atoms with Crippen molar-refractivity contribution in [1.29, 1.82) is 0 Å². The van der Waals surface area contributed by atoms with Crippen LogP contribution in [0.2, 0.25) is 0 Å². The molecule has 5 nitrogen and oxygen atoms in total. The van der Waals surface area contributed by atoms with E-state index in [2.05, 4.69) is 15.3 Å². The first-order valence-corrected chi connectivity index (χ1v) is 7.41. The molecule has 0 radical (unpaired) electrons. The molecule has 1 aromatic heterocycles. The molecule has 0 aliphatic rings. The molecule has 0 bridgehead atoms. The Balaban J connectivity index is 1.91. The molecule has 2 N–H and O–H groups in total. The van der Waals surface area contributed by atoms with Crippen LogP contribution in [0.3, 0.4) is 0 Å². The number of nitrogens with zero attached hydrogens (tertiary/aromatic N) is 1. The molecule has 3 rings (SSSR count). The van der Waals surface area contributed by atoms with Crippen molar-refractivity contribution >= 4 is 11.8 Å². The largest absolute Gasteiger partial charge is 0.450 e. The van der Waals surface area contributed by atoms with Crippen molar-refractivity contribution in [3.8, 4) is 22.6 Å². The van der Waals surface area contributed by atoms with Gasteiger partial charge in [0.1, 0.15) is 5.82 Å². The minimum absolute atomic E-state index is 0.330. The van der Waals surface area contributed by atoms with Gasteiger partial charge in [-0.2, -0.15) is 0 Å². The first-order valence-electron chi connectivity index (χ1n) is 7.41. The molecule has 0 aliphatic carbocycles. The van der Waals surface area contributed by atoms with Gasteiger partial charge in [0, 0.05) is 11.1 Å². The number of nitrogens with one attached hydrogen (secondary N) is 2. The molecule has 0 atom stereocenters. The predicted octanol–water partition coefficient (Wildman–Crippen LogP) is 4.31. The normalized spacial score (nSPS) is 10.3. The van der Waals surface area contributed by atoms with Crippen LogP contribution < -0.4 is 5.32 Å². The molecule has 3 aromatic rings. The van der Waals surface area contributed by atoms with Gasteiger partial charge in [0.05, 0.1) is 24.2 Å². The molecule has 0 spiro atoms. The summed E-state index contributed by atoms with van der Waals surface area (Å²) in [6.45, 7) is 2.10. The number of anilines is 1. The van der Waals surface area contributed by atoms with E-state index in [9.17, 15) is 4.79 Å². The number of H-pyrrole nitrogens is 1. The maximum absolute atomic E-state index is 11.7. The number of aromatic amines is 1. The first kappa shape index (κ1) is 14.8. The van der Waals surface area contributed by atoms with Crippen LogP contribution in [0.15, 0.2) is 60.8 Å². The zero-order valence-corrected chi connectivity index (χ0v) is 12.7. The molecule has 1 amide bonds. The minimum Gasteiger partial charge on any atom is -0.450 e. The third kappa shape index (κ3) is 3.40. The van der Waals surface area contributed by atoms with E-state index in [-0.39, 0.29) is 0 Å². The smallest absolute Gasteiger partial charge is 0.411 e. The number of hydrogen-bond acceptors (Lipinski definition) is 3. The van der Waals surface area contributed by atoms with E-state index in [1.165, 1.54) is 0 Å². The van der Waals surface area contributed by atoms with Gasteiger partial charge in [-0.05, 0) is 13.0 Å². The number of imidazole rings is 1. The van der Waals surface area contributed by atoms with Crippen molar-refractivity contribution in [2.45, 2.75) is 6.92 Å². The summed E-state index contributed by atoms with van der Waals surface area (Å²) in [5, 5.41) is 2.75. The number of ether oxygens (including phenoxy) is 1.